The molecule has 0 N–H and O–H groups in total. The van der Waals surface area contributed by atoms with Gasteiger partial charge in [0, 0.05) is 0 Å². The van der Waals surface area contributed by atoms with Gasteiger partial charge in [0.1, 0.15) is 0 Å². The first-order valence-corrected chi connectivity index (χ1v) is 10.6. The molecule has 2 amide bonds. The number of carbonyl (C=O) groups is 2. The van der Waals surface area contributed by atoms with Gasteiger partial charge in [0.2, 0.25) is 0 Å². The number of hydrogen-bond acceptors (Lipinski definition) is 4. The van der Waals surface area contributed by atoms with Crippen molar-refractivity contribution in [3.8, 4) is 0 Å². The molecule has 3 rings (SSSR count). The fraction of sp³-hybridized carbons (Fsp3) is 0.688. The van der Waals surface area contributed by atoms with Crippen LogP contribution >= 0.6 is 12.2 Å². The summed E-state index contributed by atoms with van der Waals surface area (Å²) >= 11 is 5.53. The Balaban J connectivity index is 2.03. The van der Waals surface area contributed by atoms with Crippen LogP contribution in [0.1, 0.15) is 39.5 Å². The minimum atomic E-state index is -0.199. The van der Waals surface area contributed by atoms with Crippen LogP contribution in [0.25, 0.3) is 0 Å². The summed E-state index contributed by atoms with van der Waals surface area (Å²) in [6.07, 6.45) is 4.92. The maximum absolute atomic E-state index is 12.9. The Morgan fingerprint density at radius 2 is 1.65 bits per heavy atom. The summed E-state index contributed by atoms with van der Waals surface area (Å²) in [5.74, 6) is -0.399. The summed E-state index contributed by atoms with van der Waals surface area (Å²) < 4.78 is 0.990. The second-order valence-electron chi connectivity index (χ2n) is 6.18. The van der Waals surface area contributed by atoms with Gasteiger partial charge in [-0.3, -0.25) is 0 Å². The molecular formula is C16H23N3O2SSe. The van der Waals surface area contributed by atoms with Crippen molar-refractivity contribution in [2.75, 3.05) is 20.1 Å². The van der Waals surface area contributed by atoms with Gasteiger partial charge in [0.25, 0.3) is 0 Å². The zero-order chi connectivity index (χ0) is 16.7. The van der Waals surface area contributed by atoms with Crippen molar-refractivity contribution in [3.63, 3.8) is 0 Å². The molecule has 0 spiro atoms. The number of hydrogen-bond donors (Lipinski definition) is 0. The first-order chi connectivity index (χ1) is 11.0. The number of fused-ring (bicyclic) bond motifs is 1. The van der Waals surface area contributed by atoms with Crippen molar-refractivity contribution in [2.24, 2.45) is 0 Å². The number of carbonyl (C=O) groups excluding carboxylic acids is 2. The van der Waals surface area contributed by atoms with Gasteiger partial charge in [-0.05, 0) is 0 Å². The summed E-state index contributed by atoms with van der Waals surface area (Å²) in [6.45, 7) is 4.81. The van der Waals surface area contributed by atoms with Crippen LogP contribution in [0.15, 0.2) is 10.2 Å². The summed E-state index contributed by atoms with van der Waals surface area (Å²) in [7, 11) is 2.06. The Morgan fingerprint density at radius 3 is 2.17 bits per heavy atom. The van der Waals surface area contributed by atoms with E-state index in [1.807, 2.05) is 13.8 Å². The zero-order valence-electron chi connectivity index (χ0n) is 13.9. The number of thiocarbonyl (C=S) groups is 1. The predicted octanol–water partition coefficient (Wildman–Crippen LogP) is 1.57. The molecule has 2 heterocycles. The third kappa shape index (κ3) is 2.63. The summed E-state index contributed by atoms with van der Waals surface area (Å²) in [4.78, 5) is 31.8. The molecule has 0 aromatic heterocycles. The van der Waals surface area contributed by atoms with E-state index in [0.29, 0.717) is 34.6 Å². The van der Waals surface area contributed by atoms with Gasteiger partial charge in [-0.2, -0.15) is 0 Å². The van der Waals surface area contributed by atoms with Gasteiger partial charge < -0.3 is 0 Å². The van der Waals surface area contributed by atoms with Crippen LogP contribution in [0, 0.1) is 0 Å². The Labute approximate surface area is 149 Å². The summed E-state index contributed by atoms with van der Waals surface area (Å²) in [5, 5.41) is 0.347. The summed E-state index contributed by atoms with van der Waals surface area (Å²) in [6, 6.07) is 0.505. The van der Waals surface area contributed by atoms with E-state index in [0.717, 1.165) is 4.60 Å². The molecule has 0 aromatic rings. The molecule has 2 unspecified atom stereocenters. The molecule has 3 fully saturated rings. The molecule has 2 saturated heterocycles. The summed E-state index contributed by atoms with van der Waals surface area (Å²) in [5.41, 5.74) is 0.374. The van der Waals surface area contributed by atoms with E-state index in [2.05, 4.69) is 11.9 Å². The standard InChI is InChI=1S/C16H23N3O2SSe/c1-4-18-13(20)12(14(21)19(5-2)16(18)22)15-17(3)10-8-6-7-9-11(10)23-15/h10-11H,4-9H2,1-3H3. The van der Waals surface area contributed by atoms with E-state index >= 15 is 0 Å². The monoisotopic (exact) mass is 401 g/mol. The normalized spacial score (nSPS) is 28.8. The number of amides is 2. The predicted molar refractivity (Wildman–Crippen MR) is 93.9 cm³/mol. The molecule has 3 aliphatic rings. The Bertz CT molecular complexity index is 564. The number of nitrogens with zero attached hydrogens (tertiary/aromatic N) is 3. The molecule has 5 nitrogen and oxygen atoms in total. The minimum absolute atomic E-state index is 0.193. The molecule has 126 valence electrons. The third-order valence-corrected chi connectivity index (χ3v) is 8.71. The molecule has 23 heavy (non-hydrogen) atoms. The first-order valence-electron chi connectivity index (χ1n) is 8.32. The second-order valence-corrected chi connectivity index (χ2v) is 9.12. The van der Waals surface area contributed by atoms with Crippen LogP contribution in [0.5, 0.6) is 0 Å². The molecule has 0 radical (unpaired) electrons. The van der Waals surface area contributed by atoms with E-state index < -0.39 is 0 Å². The van der Waals surface area contributed by atoms with Gasteiger partial charge in [0.05, 0.1) is 0 Å². The van der Waals surface area contributed by atoms with Crippen molar-refractivity contribution in [2.45, 2.75) is 50.4 Å². The fourth-order valence-corrected chi connectivity index (χ4v) is 7.56. The molecule has 2 aliphatic heterocycles. The van der Waals surface area contributed by atoms with Gasteiger partial charge in [-0.1, -0.05) is 0 Å². The van der Waals surface area contributed by atoms with Gasteiger partial charge >= 0.3 is 149 Å². The average Bonchev–Trinajstić information content (AvgIpc) is 2.86. The number of rotatable bonds is 2. The van der Waals surface area contributed by atoms with Crippen molar-refractivity contribution in [1.82, 2.24) is 14.7 Å². The molecule has 1 saturated carbocycles. The van der Waals surface area contributed by atoms with Crippen LogP contribution in [-0.4, -0.2) is 72.8 Å². The number of likely N-dealkylation sites (N-methyl/N-ethyl adjacent to an activating group) is 2. The van der Waals surface area contributed by atoms with Crippen LogP contribution in [0.4, 0.5) is 0 Å². The van der Waals surface area contributed by atoms with Gasteiger partial charge in [0.15, 0.2) is 0 Å². The van der Waals surface area contributed by atoms with Crippen LogP contribution < -0.4 is 0 Å². The molecule has 7 heteroatoms. The van der Waals surface area contributed by atoms with E-state index in [1.54, 1.807) is 9.80 Å². The van der Waals surface area contributed by atoms with Gasteiger partial charge in [-0.15, -0.1) is 0 Å². The zero-order valence-corrected chi connectivity index (χ0v) is 16.4. The van der Waals surface area contributed by atoms with Crippen molar-refractivity contribution in [1.29, 1.82) is 0 Å². The quantitative estimate of drug-likeness (QED) is 0.306. The Hall–Kier alpha value is -0.911. The second kappa shape index (κ2) is 6.53. The van der Waals surface area contributed by atoms with Crippen LogP contribution in [0.3, 0.4) is 0 Å². The Morgan fingerprint density at radius 1 is 1.09 bits per heavy atom. The average molecular weight is 400 g/mol. The maximum atomic E-state index is 12.9. The van der Waals surface area contributed by atoms with Gasteiger partial charge in [-0.25, -0.2) is 0 Å². The molecule has 0 aromatic carbocycles. The topological polar surface area (TPSA) is 43.9 Å². The third-order valence-electron chi connectivity index (χ3n) is 4.97. The van der Waals surface area contributed by atoms with E-state index in [1.165, 1.54) is 25.7 Å². The van der Waals surface area contributed by atoms with E-state index in [4.69, 9.17) is 12.2 Å². The van der Waals surface area contributed by atoms with E-state index in [9.17, 15) is 9.59 Å². The van der Waals surface area contributed by atoms with Crippen LogP contribution in [-0.2, 0) is 9.59 Å². The molecular weight excluding hydrogens is 377 g/mol. The molecule has 2 atom stereocenters. The first kappa shape index (κ1) is 16.9. The molecule has 1 aliphatic carbocycles. The van der Waals surface area contributed by atoms with Crippen molar-refractivity contribution < 1.29 is 9.59 Å². The SMILES string of the molecule is CCN1C(=O)C(=C2[Se]C3CCCCC3N2C)C(=O)N(CC)C1=S. The molecule has 0 bridgehead atoms. The fourth-order valence-electron chi connectivity index (χ4n) is 3.69. The van der Waals surface area contributed by atoms with Crippen LogP contribution in [0.2, 0.25) is 4.82 Å². The van der Waals surface area contributed by atoms with E-state index in [-0.39, 0.29) is 26.8 Å². The van der Waals surface area contributed by atoms with Crippen molar-refractivity contribution >= 4 is 44.1 Å². The van der Waals surface area contributed by atoms with Crippen molar-refractivity contribution in [3.05, 3.63) is 10.2 Å². The Kier molecular flexibility index (Phi) is 4.81.